The zero-order valence-corrected chi connectivity index (χ0v) is 19.1. The Bertz CT molecular complexity index is 1120. The number of thiocarbonyl (C=S) groups is 1. The monoisotopic (exact) mass is 476 g/mol. The minimum absolute atomic E-state index is 0.0534. The van der Waals surface area contributed by atoms with Crippen molar-refractivity contribution in [2.75, 3.05) is 7.11 Å². The zero-order valence-electron chi connectivity index (χ0n) is 17.4. The largest absolute Gasteiger partial charge is 0.497 e. The highest BCUT2D eigenvalue weighted by Gasteiger charge is 2.40. The van der Waals surface area contributed by atoms with Crippen LogP contribution in [0.4, 0.5) is 5.69 Å². The molecule has 1 unspecified atom stereocenters. The maximum absolute atomic E-state index is 12.9. The molecule has 1 fully saturated rings. The van der Waals surface area contributed by atoms with Crippen LogP contribution in [0.25, 0.3) is 17.4 Å². The Labute approximate surface area is 193 Å². The van der Waals surface area contributed by atoms with Crippen molar-refractivity contribution in [2.24, 2.45) is 5.92 Å². The summed E-state index contributed by atoms with van der Waals surface area (Å²) >= 11 is 6.25. The standard InChI is InChI=1S/C21H20N2O7S2/c1-11(2)8-16(20(25)26)22-19(24)18(32-21(22)31)10-13-5-7-17(30-13)14-6-4-12(29-3)9-15(14)23(27)28/h4-7,9-11,16H,8H2,1-3H3,(H,25,26). The van der Waals surface area contributed by atoms with E-state index >= 15 is 0 Å². The molecule has 0 spiro atoms. The number of nitro groups is 1. The van der Waals surface area contributed by atoms with Gasteiger partial charge in [0, 0.05) is 6.08 Å². The highest BCUT2D eigenvalue weighted by molar-refractivity contribution is 8.26. The van der Waals surface area contributed by atoms with Crippen LogP contribution in [-0.2, 0) is 9.59 Å². The van der Waals surface area contributed by atoms with Crippen LogP contribution in [0.3, 0.4) is 0 Å². The van der Waals surface area contributed by atoms with Gasteiger partial charge >= 0.3 is 5.97 Å². The molecule has 1 N–H and O–H groups in total. The van der Waals surface area contributed by atoms with Gasteiger partial charge in [0.2, 0.25) is 0 Å². The third kappa shape index (κ3) is 4.83. The smallest absolute Gasteiger partial charge is 0.326 e. The first-order valence-electron chi connectivity index (χ1n) is 9.54. The first-order chi connectivity index (χ1) is 15.1. The minimum atomic E-state index is -1.12. The van der Waals surface area contributed by atoms with E-state index in [1.807, 2.05) is 13.8 Å². The number of carbonyl (C=O) groups excluding carboxylic acids is 1. The van der Waals surface area contributed by atoms with E-state index in [2.05, 4.69) is 0 Å². The molecule has 0 radical (unpaired) electrons. The summed E-state index contributed by atoms with van der Waals surface area (Å²) in [4.78, 5) is 36.8. The van der Waals surface area contributed by atoms with E-state index in [1.54, 1.807) is 18.2 Å². The Morgan fingerprint density at radius 3 is 2.69 bits per heavy atom. The van der Waals surface area contributed by atoms with Gasteiger partial charge in [-0.3, -0.25) is 19.8 Å². The molecule has 1 amide bonds. The molecule has 1 aliphatic rings. The molecule has 11 heteroatoms. The molecule has 1 aliphatic heterocycles. The van der Waals surface area contributed by atoms with Gasteiger partial charge in [-0.2, -0.15) is 0 Å². The van der Waals surface area contributed by atoms with Crippen molar-refractivity contribution in [3.63, 3.8) is 0 Å². The first kappa shape index (κ1) is 23.5. The molecule has 2 aromatic rings. The Hall–Kier alpha value is -3.18. The van der Waals surface area contributed by atoms with Crippen molar-refractivity contribution >= 4 is 51.9 Å². The van der Waals surface area contributed by atoms with Crippen molar-refractivity contribution < 1.29 is 28.8 Å². The number of hydrogen-bond donors (Lipinski definition) is 1. The number of hydrogen-bond acceptors (Lipinski definition) is 8. The predicted molar refractivity (Wildman–Crippen MR) is 123 cm³/mol. The molecule has 0 bridgehead atoms. The Morgan fingerprint density at radius 1 is 1.38 bits per heavy atom. The van der Waals surface area contributed by atoms with E-state index in [4.69, 9.17) is 21.4 Å². The normalized spacial score (nSPS) is 16.1. The Balaban J connectivity index is 1.90. The van der Waals surface area contributed by atoms with Gasteiger partial charge in [0.25, 0.3) is 11.6 Å². The number of carbonyl (C=O) groups is 2. The fraction of sp³-hybridized carbons (Fsp3) is 0.286. The molecule has 0 aliphatic carbocycles. The van der Waals surface area contributed by atoms with Crippen molar-refractivity contribution in [3.05, 3.63) is 51.1 Å². The summed E-state index contributed by atoms with van der Waals surface area (Å²) in [5.41, 5.74) is 0.0698. The van der Waals surface area contributed by atoms with E-state index in [1.165, 1.54) is 25.3 Å². The first-order valence-corrected chi connectivity index (χ1v) is 10.8. The van der Waals surface area contributed by atoms with Crippen molar-refractivity contribution in [1.82, 2.24) is 4.90 Å². The number of aliphatic carboxylic acids is 1. The van der Waals surface area contributed by atoms with Crippen molar-refractivity contribution in [3.8, 4) is 17.1 Å². The van der Waals surface area contributed by atoms with Gasteiger partial charge in [0.15, 0.2) is 0 Å². The van der Waals surface area contributed by atoms with Crippen LogP contribution in [0.2, 0.25) is 0 Å². The molecule has 32 heavy (non-hydrogen) atoms. The van der Waals surface area contributed by atoms with Crippen LogP contribution in [0.15, 0.2) is 39.7 Å². The van der Waals surface area contributed by atoms with E-state index in [0.29, 0.717) is 5.75 Å². The highest BCUT2D eigenvalue weighted by Crippen LogP contribution is 2.37. The quantitative estimate of drug-likeness (QED) is 0.253. The SMILES string of the molecule is COc1ccc(-c2ccc(C=C3SC(=S)N(C(CC(C)C)C(=O)O)C3=O)o2)c([N+](=O)[O-])c1. The van der Waals surface area contributed by atoms with Gasteiger partial charge in [0.05, 0.1) is 28.6 Å². The maximum atomic E-state index is 12.9. The molecule has 9 nitrogen and oxygen atoms in total. The Morgan fingerprint density at radius 2 is 2.09 bits per heavy atom. The summed E-state index contributed by atoms with van der Waals surface area (Å²) in [5.74, 6) is -0.724. The lowest BCUT2D eigenvalue weighted by Gasteiger charge is -2.24. The summed E-state index contributed by atoms with van der Waals surface area (Å²) in [7, 11) is 1.41. The van der Waals surface area contributed by atoms with Gasteiger partial charge in [0.1, 0.15) is 27.6 Å². The molecule has 2 heterocycles. The minimum Gasteiger partial charge on any atom is -0.497 e. The number of rotatable bonds is 8. The summed E-state index contributed by atoms with van der Waals surface area (Å²) in [5, 5.41) is 21.0. The molecule has 1 atom stereocenters. The van der Waals surface area contributed by atoms with Crippen LogP contribution in [0, 0.1) is 16.0 Å². The van der Waals surface area contributed by atoms with Gasteiger partial charge in [-0.05, 0) is 36.6 Å². The number of methoxy groups -OCH3 is 1. The average Bonchev–Trinajstić information content (AvgIpc) is 3.30. The van der Waals surface area contributed by atoms with Crippen LogP contribution >= 0.6 is 24.0 Å². The van der Waals surface area contributed by atoms with Crippen LogP contribution in [0.1, 0.15) is 26.0 Å². The Kier molecular flexibility index (Phi) is 6.99. The fourth-order valence-electron chi connectivity index (χ4n) is 3.21. The summed E-state index contributed by atoms with van der Waals surface area (Å²) in [6.45, 7) is 3.73. The van der Waals surface area contributed by atoms with Gasteiger partial charge in [-0.1, -0.05) is 37.8 Å². The number of amides is 1. The molecule has 168 valence electrons. The van der Waals surface area contributed by atoms with Crippen molar-refractivity contribution in [1.29, 1.82) is 0 Å². The average molecular weight is 477 g/mol. The number of thioether (sulfide) groups is 1. The molecule has 1 aromatic carbocycles. The second-order valence-electron chi connectivity index (χ2n) is 7.38. The third-order valence-electron chi connectivity index (χ3n) is 4.68. The molecule has 1 aromatic heterocycles. The number of nitro benzene ring substituents is 1. The van der Waals surface area contributed by atoms with Crippen LogP contribution < -0.4 is 4.74 Å². The predicted octanol–water partition coefficient (Wildman–Crippen LogP) is 4.56. The van der Waals surface area contributed by atoms with E-state index in [9.17, 15) is 24.8 Å². The van der Waals surface area contributed by atoms with Gasteiger partial charge < -0.3 is 14.3 Å². The lowest BCUT2D eigenvalue weighted by molar-refractivity contribution is -0.384. The number of carboxylic acids is 1. The fourth-order valence-corrected chi connectivity index (χ4v) is 4.55. The molecule has 1 saturated heterocycles. The van der Waals surface area contributed by atoms with Crippen LogP contribution in [0.5, 0.6) is 5.75 Å². The van der Waals surface area contributed by atoms with Gasteiger partial charge in [-0.15, -0.1) is 0 Å². The molecule has 0 saturated carbocycles. The third-order valence-corrected chi connectivity index (χ3v) is 6.01. The number of carboxylic acid groups (broad SMARTS) is 1. The second-order valence-corrected chi connectivity index (χ2v) is 9.05. The van der Waals surface area contributed by atoms with E-state index < -0.39 is 22.8 Å². The van der Waals surface area contributed by atoms with Crippen molar-refractivity contribution in [2.45, 2.75) is 26.3 Å². The molecule has 3 rings (SSSR count). The maximum Gasteiger partial charge on any atom is 0.326 e. The lowest BCUT2D eigenvalue weighted by Crippen LogP contribution is -2.44. The van der Waals surface area contributed by atoms with Crippen LogP contribution in [-0.4, -0.2) is 44.3 Å². The second kappa shape index (κ2) is 9.53. The zero-order chi connectivity index (χ0) is 23.6. The lowest BCUT2D eigenvalue weighted by atomic mass is 10.0. The van der Waals surface area contributed by atoms with E-state index in [-0.39, 0.29) is 44.3 Å². The summed E-state index contributed by atoms with van der Waals surface area (Å²) < 4.78 is 10.9. The van der Waals surface area contributed by atoms with E-state index in [0.717, 1.165) is 16.7 Å². The number of furan rings is 1. The number of benzene rings is 1. The number of ether oxygens (including phenoxy) is 1. The summed E-state index contributed by atoms with van der Waals surface area (Å²) in [6.07, 6.45) is 1.72. The highest BCUT2D eigenvalue weighted by atomic mass is 32.2. The number of nitrogens with zero attached hydrogens (tertiary/aromatic N) is 2. The molecular formula is C21H20N2O7S2. The topological polar surface area (TPSA) is 123 Å². The summed E-state index contributed by atoms with van der Waals surface area (Å²) in [6, 6.07) is 6.46. The van der Waals surface area contributed by atoms with Gasteiger partial charge in [-0.25, -0.2) is 4.79 Å². The molecular weight excluding hydrogens is 456 g/mol.